The highest BCUT2D eigenvalue weighted by atomic mass is 35.5. The molecule has 0 saturated carbocycles. The number of hydrogen-bond acceptors (Lipinski definition) is 5. The van der Waals surface area contributed by atoms with E-state index in [1.807, 2.05) is 13.8 Å². The van der Waals surface area contributed by atoms with Gasteiger partial charge in [0, 0.05) is 28.0 Å². The highest BCUT2D eigenvalue weighted by Gasteiger charge is 2.33. The largest absolute Gasteiger partial charge is 0.391 e. The molecular weight excluding hydrogens is 407 g/mol. The van der Waals surface area contributed by atoms with Crippen molar-refractivity contribution in [2.75, 3.05) is 5.75 Å². The van der Waals surface area contributed by atoms with Gasteiger partial charge in [-0.1, -0.05) is 49.5 Å². The number of rotatable bonds is 10. The van der Waals surface area contributed by atoms with Gasteiger partial charge in [0.15, 0.2) is 0 Å². The maximum Gasteiger partial charge on any atom is 0.320 e. The predicted octanol–water partition coefficient (Wildman–Crippen LogP) is 5.10. The number of imidazole rings is 1. The summed E-state index contributed by atoms with van der Waals surface area (Å²) >= 11 is 13.2. The molecule has 0 aliphatic heterocycles. The second-order valence-electron chi connectivity index (χ2n) is 6.45. The van der Waals surface area contributed by atoms with Crippen molar-refractivity contribution in [3.8, 4) is 0 Å². The zero-order chi connectivity index (χ0) is 19.9. The lowest BCUT2D eigenvalue weighted by atomic mass is 9.95. The Morgan fingerprint density at radius 2 is 2.19 bits per heavy atom. The summed E-state index contributed by atoms with van der Waals surface area (Å²) in [7, 11) is 0. The molecular formula is C19H24Cl2N2O3S. The quantitative estimate of drug-likeness (QED) is 0.531. The van der Waals surface area contributed by atoms with Crippen molar-refractivity contribution in [2.45, 2.75) is 45.3 Å². The van der Waals surface area contributed by atoms with Crippen LogP contribution in [0.5, 0.6) is 0 Å². The van der Waals surface area contributed by atoms with Crippen molar-refractivity contribution in [1.82, 2.24) is 9.55 Å². The Kier molecular flexibility index (Phi) is 8.48. The topological polar surface area (TPSA) is 64.3 Å². The van der Waals surface area contributed by atoms with Crippen LogP contribution in [0.2, 0.25) is 10.0 Å². The Hall–Kier alpha value is -1.21. The zero-order valence-electron chi connectivity index (χ0n) is 15.4. The van der Waals surface area contributed by atoms with E-state index in [9.17, 15) is 9.90 Å². The van der Waals surface area contributed by atoms with Gasteiger partial charge in [0.2, 0.25) is 0 Å². The first-order valence-corrected chi connectivity index (χ1v) is 10.5. The third kappa shape index (κ3) is 6.14. The van der Waals surface area contributed by atoms with Gasteiger partial charge in [0.05, 0.1) is 36.6 Å². The molecule has 0 aliphatic carbocycles. The summed E-state index contributed by atoms with van der Waals surface area (Å²) in [5, 5.41) is 12.2. The number of carbonyl (C=O) groups excluding carboxylic acids is 1. The van der Waals surface area contributed by atoms with Crippen LogP contribution in [0.1, 0.15) is 38.7 Å². The number of benzene rings is 1. The van der Waals surface area contributed by atoms with Gasteiger partial charge in [0.25, 0.3) is 0 Å². The van der Waals surface area contributed by atoms with Gasteiger partial charge in [-0.2, -0.15) is 0 Å². The fourth-order valence-corrected chi connectivity index (χ4v) is 4.19. The molecule has 8 heteroatoms. The van der Waals surface area contributed by atoms with Crippen LogP contribution in [0.15, 0.2) is 36.9 Å². The zero-order valence-corrected chi connectivity index (χ0v) is 17.7. The van der Waals surface area contributed by atoms with Gasteiger partial charge < -0.3 is 13.9 Å². The van der Waals surface area contributed by atoms with E-state index < -0.39 is 5.60 Å². The van der Waals surface area contributed by atoms with Gasteiger partial charge >= 0.3 is 5.97 Å². The molecule has 0 bridgehead atoms. The Balaban J connectivity index is 2.14. The van der Waals surface area contributed by atoms with Crippen LogP contribution in [0.25, 0.3) is 0 Å². The maximum absolute atomic E-state index is 12.2. The Morgan fingerprint density at radius 1 is 1.41 bits per heavy atom. The first-order chi connectivity index (χ1) is 12.9. The van der Waals surface area contributed by atoms with Gasteiger partial charge in [0.1, 0.15) is 5.60 Å². The van der Waals surface area contributed by atoms with Crippen LogP contribution in [0.3, 0.4) is 0 Å². The summed E-state index contributed by atoms with van der Waals surface area (Å²) in [6.07, 6.45) is 7.43. The van der Waals surface area contributed by atoms with Crippen LogP contribution >= 0.6 is 35.2 Å². The molecule has 0 aliphatic rings. The lowest BCUT2D eigenvalue weighted by Gasteiger charge is -2.29. The molecule has 0 fully saturated rings. The van der Waals surface area contributed by atoms with E-state index in [4.69, 9.17) is 27.4 Å². The molecule has 2 unspecified atom stereocenters. The second kappa shape index (κ2) is 10.4. The monoisotopic (exact) mass is 430 g/mol. The molecule has 0 radical (unpaired) electrons. The van der Waals surface area contributed by atoms with Crippen LogP contribution in [-0.2, 0) is 21.1 Å². The van der Waals surface area contributed by atoms with Gasteiger partial charge in [-0.25, -0.2) is 4.98 Å². The van der Waals surface area contributed by atoms with Crippen molar-refractivity contribution in [3.05, 3.63) is 52.5 Å². The molecule has 27 heavy (non-hydrogen) atoms. The lowest BCUT2D eigenvalue weighted by molar-refractivity contribution is -0.137. The molecule has 148 valence electrons. The molecule has 5 nitrogen and oxygen atoms in total. The molecule has 2 aromatic rings. The molecule has 1 heterocycles. The normalized spacial score (nSPS) is 14.6. The number of halogens is 2. The van der Waals surface area contributed by atoms with Crippen LogP contribution < -0.4 is 0 Å². The smallest absolute Gasteiger partial charge is 0.320 e. The molecule has 0 spiro atoms. The predicted molar refractivity (Wildman–Crippen MR) is 110 cm³/mol. The number of carbonyl (C=O) groups is 1. The minimum atomic E-state index is -1.36. The van der Waals surface area contributed by atoms with Crippen LogP contribution in [-0.4, -0.2) is 26.4 Å². The molecule has 1 aromatic heterocycles. The van der Waals surface area contributed by atoms with E-state index >= 15 is 0 Å². The van der Waals surface area contributed by atoms with Crippen molar-refractivity contribution in [2.24, 2.45) is 5.92 Å². The molecule has 1 aromatic carbocycles. The fraction of sp³-hybridized carbons (Fsp3) is 0.474. The van der Waals surface area contributed by atoms with Crippen molar-refractivity contribution in [3.63, 3.8) is 0 Å². The third-order valence-corrected chi connectivity index (χ3v) is 5.76. The summed E-state index contributed by atoms with van der Waals surface area (Å²) in [6.45, 7) is 4.22. The summed E-state index contributed by atoms with van der Waals surface area (Å²) in [5.74, 6) is -0.249. The fourth-order valence-electron chi connectivity index (χ4n) is 2.85. The average Bonchev–Trinajstić information content (AvgIpc) is 3.11. The second-order valence-corrected chi connectivity index (χ2v) is 7.98. The molecule has 2 atom stereocenters. The maximum atomic E-state index is 12.2. The number of nitrogens with zero attached hydrogens (tertiary/aromatic N) is 2. The highest BCUT2D eigenvalue weighted by Crippen LogP contribution is 2.35. The molecule has 1 N–H and O–H groups in total. The standard InChI is InChI=1S/C19H24Cl2N2O3S/c1-3-5-14(4-2)18(24)26-27-12-19(25,11-23-9-8-22-13-23)16-7-6-15(20)10-17(16)21/h6-10,13-14,25H,3-5,11-12H2,1-2H3. The number of hydrogen-bond donors (Lipinski definition) is 1. The van der Waals surface area contributed by atoms with Crippen LogP contribution in [0.4, 0.5) is 0 Å². The summed E-state index contributed by atoms with van der Waals surface area (Å²) in [5.41, 5.74) is -0.841. The Morgan fingerprint density at radius 3 is 2.78 bits per heavy atom. The van der Waals surface area contributed by atoms with E-state index in [-0.39, 0.29) is 24.2 Å². The molecule has 0 saturated heterocycles. The van der Waals surface area contributed by atoms with Crippen molar-refractivity contribution in [1.29, 1.82) is 0 Å². The lowest BCUT2D eigenvalue weighted by Crippen LogP contribution is -2.34. The average molecular weight is 431 g/mol. The number of aromatic nitrogens is 2. The Bertz CT molecular complexity index is 743. The molecule has 0 amide bonds. The SMILES string of the molecule is CCCC(CC)C(=O)OSCC(O)(Cn1ccnc1)c1ccc(Cl)cc1Cl. The highest BCUT2D eigenvalue weighted by molar-refractivity contribution is 7.95. The van der Waals surface area contributed by atoms with Crippen molar-refractivity contribution >= 4 is 41.2 Å². The van der Waals surface area contributed by atoms with Gasteiger partial charge in [-0.3, -0.25) is 4.79 Å². The van der Waals surface area contributed by atoms with Gasteiger partial charge in [-0.05, 0) is 25.0 Å². The minimum Gasteiger partial charge on any atom is -0.391 e. The van der Waals surface area contributed by atoms with Crippen molar-refractivity contribution < 1.29 is 14.1 Å². The van der Waals surface area contributed by atoms with E-state index in [1.54, 1.807) is 41.5 Å². The van der Waals surface area contributed by atoms with E-state index in [2.05, 4.69) is 4.98 Å². The third-order valence-electron chi connectivity index (χ3n) is 4.34. The number of aliphatic hydroxyl groups is 1. The van der Waals surface area contributed by atoms with Crippen LogP contribution in [0, 0.1) is 5.92 Å². The summed E-state index contributed by atoms with van der Waals surface area (Å²) in [6, 6.07) is 4.95. The van der Waals surface area contributed by atoms with E-state index in [0.29, 0.717) is 15.6 Å². The van der Waals surface area contributed by atoms with Gasteiger partial charge in [-0.15, -0.1) is 0 Å². The summed E-state index contributed by atoms with van der Waals surface area (Å²) < 4.78 is 7.12. The Labute approximate surface area is 174 Å². The first-order valence-electron chi connectivity index (χ1n) is 8.86. The summed E-state index contributed by atoms with van der Waals surface area (Å²) in [4.78, 5) is 16.2. The first kappa shape index (κ1) is 22.1. The molecule has 2 rings (SSSR count). The van der Waals surface area contributed by atoms with E-state index in [1.165, 1.54) is 0 Å². The van der Waals surface area contributed by atoms with E-state index in [0.717, 1.165) is 31.3 Å². The minimum absolute atomic E-state index is 0.122.